The molecule has 1 N–H and O–H groups in total. The van der Waals surface area contributed by atoms with Crippen molar-refractivity contribution in [1.29, 1.82) is 0 Å². The highest BCUT2D eigenvalue weighted by Crippen LogP contribution is 2.17. The second-order valence-corrected chi connectivity index (χ2v) is 6.35. The van der Waals surface area contributed by atoms with Gasteiger partial charge in [0.2, 0.25) is 5.95 Å². The van der Waals surface area contributed by atoms with Crippen LogP contribution < -0.4 is 5.32 Å². The summed E-state index contributed by atoms with van der Waals surface area (Å²) in [5.74, 6) is 1.13. The van der Waals surface area contributed by atoms with Crippen molar-refractivity contribution in [1.82, 2.24) is 19.8 Å². The van der Waals surface area contributed by atoms with E-state index in [0.717, 1.165) is 39.0 Å². The van der Waals surface area contributed by atoms with Gasteiger partial charge in [-0.1, -0.05) is 6.92 Å². The van der Waals surface area contributed by atoms with Crippen molar-refractivity contribution in [3.05, 3.63) is 18.0 Å². The van der Waals surface area contributed by atoms with Gasteiger partial charge in [-0.2, -0.15) is 0 Å². The van der Waals surface area contributed by atoms with Crippen LogP contribution in [-0.4, -0.2) is 65.9 Å². The predicted octanol–water partition coefficient (Wildman–Crippen LogP) is 1.71. The molecule has 0 saturated carbocycles. The third-order valence-electron chi connectivity index (χ3n) is 3.88. The van der Waals surface area contributed by atoms with Crippen LogP contribution in [0.5, 0.6) is 0 Å². The Balaban J connectivity index is 1.91. The fraction of sp³-hybridized carbons (Fsp3) is 0.688. The third kappa shape index (κ3) is 4.94. The highest BCUT2D eigenvalue weighted by atomic mass is 16.2. The molecule has 1 fully saturated rings. The number of hydrogen-bond donors (Lipinski definition) is 1. The SMILES string of the molecule is CC1CCCN(C(=O)c2ccnc(NCCCN(C)C)n2)C1. The number of carbonyl (C=O) groups is 1. The topological polar surface area (TPSA) is 61.4 Å². The van der Waals surface area contributed by atoms with E-state index in [1.807, 2.05) is 4.90 Å². The minimum Gasteiger partial charge on any atom is -0.354 e. The van der Waals surface area contributed by atoms with Gasteiger partial charge in [-0.15, -0.1) is 0 Å². The lowest BCUT2D eigenvalue weighted by Crippen LogP contribution is -2.39. The van der Waals surface area contributed by atoms with Crippen LogP contribution in [0.1, 0.15) is 36.7 Å². The largest absolute Gasteiger partial charge is 0.354 e. The van der Waals surface area contributed by atoms with Gasteiger partial charge in [0.05, 0.1) is 0 Å². The Kier molecular flexibility index (Phi) is 6.12. The van der Waals surface area contributed by atoms with Crippen LogP contribution >= 0.6 is 0 Å². The number of likely N-dealkylation sites (tertiary alicyclic amines) is 1. The van der Waals surface area contributed by atoms with Crippen LogP contribution in [0.15, 0.2) is 12.3 Å². The molecule has 1 aliphatic heterocycles. The normalized spacial score (nSPS) is 18.5. The maximum absolute atomic E-state index is 12.5. The van der Waals surface area contributed by atoms with Crippen LogP contribution in [0.2, 0.25) is 0 Å². The molecule has 0 spiro atoms. The van der Waals surface area contributed by atoms with E-state index in [-0.39, 0.29) is 5.91 Å². The molecule has 1 amide bonds. The average Bonchev–Trinajstić information content (AvgIpc) is 2.51. The first-order valence-corrected chi connectivity index (χ1v) is 8.07. The van der Waals surface area contributed by atoms with Gasteiger partial charge in [0, 0.05) is 25.8 Å². The number of anilines is 1. The summed E-state index contributed by atoms with van der Waals surface area (Å²) >= 11 is 0. The van der Waals surface area contributed by atoms with Gasteiger partial charge in [0.15, 0.2) is 0 Å². The number of carbonyl (C=O) groups excluding carboxylic acids is 1. The molecular formula is C16H27N5O. The van der Waals surface area contributed by atoms with Crippen LogP contribution in [0.3, 0.4) is 0 Å². The van der Waals surface area contributed by atoms with E-state index in [2.05, 4.69) is 41.2 Å². The van der Waals surface area contributed by atoms with Crippen molar-refractivity contribution in [3.63, 3.8) is 0 Å². The fourth-order valence-corrected chi connectivity index (χ4v) is 2.69. The Labute approximate surface area is 132 Å². The highest BCUT2D eigenvalue weighted by molar-refractivity contribution is 5.92. The number of nitrogens with zero attached hydrogens (tertiary/aromatic N) is 4. The number of nitrogens with one attached hydrogen (secondary N) is 1. The second kappa shape index (κ2) is 8.08. The Morgan fingerprint density at radius 1 is 1.50 bits per heavy atom. The summed E-state index contributed by atoms with van der Waals surface area (Å²) in [6.45, 7) is 5.66. The van der Waals surface area contributed by atoms with E-state index in [0.29, 0.717) is 17.6 Å². The van der Waals surface area contributed by atoms with Crippen LogP contribution in [0.4, 0.5) is 5.95 Å². The first-order valence-electron chi connectivity index (χ1n) is 8.07. The van der Waals surface area contributed by atoms with Crippen molar-refractivity contribution in [2.45, 2.75) is 26.2 Å². The van der Waals surface area contributed by atoms with Gasteiger partial charge >= 0.3 is 0 Å². The molecule has 1 unspecified atom stereocenters. The molecule has 0 radical (unpaired) electrons. The van der Waals surface area contributed by atoms with Gasteiger partial charge in [0.1, 0.15) is 5.69 Å². The van der Waals surface area contributed by atoms with E-state index in [4.69, 9.17) is 0 Å². The fourth-order valence-electron chi connectivity index (χ4n) is 2.69. The molecule has 1 aromatic heterocycles. The minimum atomic E-state index is 0.0188. The summed E-state index contributed by atoms with van der Waals surface area (Å²) in [6.07, 6.45) is 4.94. The van der Waals surface area contributed by atoms with Gasteiger partial charge in [-0.25, -0.2) is 9.97 Å². The van der Waals surface area contributed by atoms with E-state index >= 15 is 0 Å². The lowest BCUT2D eigenvalue weighted by atomic mass is 10.00. The van der Waals surface area contributed by atoms with Crippen molar-refractivity contribution >= 4 is 11.9 Å². The molecule has 6 nitrogen and oxygen atoms in total. The van der Waals surface area contributed by atoms with E-state index in [9.17, 15) is 4.79 Å². The summed E-state index contributed by atoms with van der Waals surface area (Å²) < 4.78 is 0. The minimum absolute atomic E-state index is 0.0188. The van der Waals surface area contributed by atoms with Gasteiger partial charge in [0.25, 0.3) is 5.91 Å². The molecular weight excluding hydrogens is 278 g/mol. The number of piperidine rings is 1. The zero-order chi connectivity index (χ0) is 15.9. The second-order valence-electron chi connectivity index (χ2n) is 6.35. The van der Waals surface area contributed by atoms with Crippen molar-refractivity contribution in [3.8, 4) is 0 Å². The molecule has 2 rings (SSSR count). The monoisotopic (exact) mass is 305 g/mol. The van der Waals surface area contributed by atoms with Crippen LogP contribution in [-0.2, 0) is 0 Å². The van der Waals surface area contributed by atoms with Crippen molar-refractivity contribution in [2.24, 2.45) is 5.92 Å². The molecule has 6 heteroatoms. The number of hydrogen-bond acceptors (Lipinski definition) is 5. The van der Waals surface area contributed by atoms with Crippen LogP contribution in [0, 0.1) is 5.92 Å². The lowest BCUT2D eigenvalue weighted by Gasteiger charge is -2.30. The van der Waals surface area contributed by atoms with E-state index in [1.165, 1.54) is 6.42 Å². The zero-order valence-electron chi connectivity index (χ0n) is 13.9. The quantitative estimate of drug-likeness (QED) is 0.811. The molecule has 2 heterocycles. The Morgan fingerprint density at radius 2 is 2.32 bits per heavy atom. The summed E-state index contributed by atoms with van der Waals surface area (Å²) in [4.78, 5) is 25.1. The molecule has 22 heavy (non-hydrogen) atoms. The zero-order valence-corrected chi connectivity index (χ0v) is 13.9. The Hall–Kier alpha value is -1.69. The molecule has 0 aromatic carbocycles. The Bertz CT molecular complexity index is 491. The predicted molar refractivity (Wildman–Crippen MR) is 88.0 cm³/mol. The smallest absolute Gasteiger partial charge is 0.272 e. The standard InChI is InChI=1S/C16H27N5O/c1-13-6-4-11-21(12-13)15(22)14-7-9-18-16(19-14)17-8-5-10-20(2)3/h7,9,13H,4-6,8,10-12H2,1-3H3,(H,17,18,19). The van der Waals surface area contributed by atoms with Crippen molar-refractivity contribution < 1.29 is 4.79 Å². The molecule has 1 saturated heterocycles. The number of rotatable bonds is 6. The lowest BCUT2D eigenvalue weighted by molar-refractivity contribution is 0.0677. The van der Waals surface area contributed by atoms with Gasteiger partial charge < -0.3 is 15.1 Å². The molecule has 0 aliphatic carbocycles. The number of amides is 1. The third-order valence-corrected chi connectivity index (χ3v) is 3.88. The molecule has 1 aliphatic rings. The molecule has 0 bridgehead atoms. The summed E-state index contributed by atoms with van der Waals surface area (Å²) in [7, 11) is 4.10. The van der Waals surface area contributed by atoms with E-state index in [1.54, 1.807) is 12.3 Å². The average molecular weight is 305 g/mol. The molecule has 1 aromatic rings. The first kappa shape index (κ1) is 16.7. The summed E-state index contributed by atoms with van der Waals surface area (Å²) in [5, 5.41) is 3.19. The first-order chi connectivity index (χ1) is 10.6. The Morgan fingerprint density at radius 3 is 3.05 bits per heavy atom. The maximum atomic E-state index is 12.5. The molecule has 122 valence electrons. The highest BCUT2D eigenvalue weighted by Gasteiger charge is 2.23. The van der Waals surface area contributed by atoms with Gasteiger partial charge in [-0.3, -0.25) is 4.79 Å². The van der Waals surface area contributed by atoms with E-state index < -0.39 is 0 Å². The van der Waals surface area contributed by atoms with Crippen molar-refractivity contribution in [2.75, 3.05) is 45.6 Å². The summed E-state index contributed by atoms with van der Waals surface area (Å²) in [6, 6.07) is 1.70. The maximum Gasteiger partial charge on any atom is 0.272 e. The number of aromatic nitrogens is 2. The van der Waals surface area contributed by atoms with Crippen LogP contribution in [0.25, 0.3) is 0 Å². The van der Waals surface area contributed by atoms with Gasteiger partial charge in [-0.05, 0) is 51.9 Å². The summed E-state index contributed by atoms with van der Waals surface area (Å²) in [5.41, 5.74) is 0.485. The molecule has 1 atom stereocenters.